The van der Waals surface area contributed by atoms with Gasteiger partial charge >= 0.3 is 0 Å². The van der Waals surface area contributed by atoms with E-state index in [1.54, 1.807) is 6.20 Å². The molecule has 4 N–H and O–H groups in total. The van der Waals surface area contributed by atoms with Gasteiger partial charge in [-0.25, -0.2) is 5.84 Å². The van der Waals surface area contributed by atoms with E-state index in [0.717, 1.165) is 13.1 Å². The third kappa shape index (κ3) is 3.27. The maximum atomic E-state index is 11.2. The molecule has 5 nitrogen and oxygen atoms in total. The Hall–Kier alpha value is -1.46. The van der Waals surface area contributed by atoms with Crippen molar-refractivity contribution in [3.05, 3.63) is 30.1 Å². The zero-order chi connectivity index (χ0) is 12.8. The molecule has 1 unspecified atom stereocenters. The first-order valence-corrected chi connectivity index (χ1v) is 6.55. The van der Waals surface area contributed by atoms with E-state index in [2.05, 4.69) is 16.5 Å². The van der Waals surface area contributed by atoms with E-state index < -0.39 is 0 Å². The highest BCUT2D eigenvalue weighted by Gasteiger charge is 2.27. The van der Waals surface area contributed by atoms with Gasteiger partial charge in [0.1, 0.15) is 6.04 Å². The number of likely N-dealkylation sites (tertiary alicyclic amines) is 1. The molecule has 5 heteroatoms. The average Bonchev–Trinajstić information content (AvgIpc) is 2.46. The summed E-state index contributed by atoms with van der Waals surface area (Å²) in [6.45, 7) is 1.96. The summed E-state index contributed by atoms with van der Waals surface area (Å²) in [6.07, 6.45) is 7.89. The molecule has 2 atom stereocenters. The molecule has 0 radical (unpaired) electrons. The van der Waals surface area contributed by atoms with Gasteiger partial charge in [-0.05, 0) is 18.9 Å². The molecule has 1 fully saturated rings. The van der Waals surface area contributed by atoms with E-state index in [1.165, 1.54) is 29.7 Å². The predicted molar refractivity (Wildman–Crippen MR) is 68.5 cm³/mol. The lowest BCUT2D eigenvalue weighted by molar-refractivity contribution is -0.936. The highest BCUT2D eigenvalue weighted by molar-refractivity contribution is 5.75. The highest BCUT2D eigenvalue weighted by Crippen LogP contribution is 2.18. The Labute approximate surface area is 107 Å². The maximum absolute atomic E-state index is 11.2. The molecule has 1 amide bonds. The molecule has 2 rings (SSSR count). The number of amides is 1. The van der Waals surface area contributed by atoms with Gasteiger partial charge < -0.3 is 4.90 Å². The van der Waals surface area contributed by atoms with Crippen molar-refractivity contribution in [3.8, 4) is 0 Å². The van der Waals surface area contributed by atoms with Crippen molar-refractivity contribution in [1.82, 2.24) is 10.4 Å². The summed E-state index contributed by atoms with van der Waals surface area (Å²) >= 11 is 0. The number of piperidine rings is 1. The van der Waals surface area contributed by atoms with Crippen LogP contribution in [0, 0.1) is 0 Å². The van der Waals surface area contributed by atoms with Crippen molar-refractivity contribution in [1.29, 1.82) is 0 Å². The number of hydrazine groups is 1. The fourth-order valence-corrected chi connectivity index (χ4v) is 2.71. The SMILES string of the molecule is NNC(=O)CC[NH+]1CCCC[C@@H]1c1cccnc1. The topological polar surface area (TPSA) is 72.4 Å². The van der Waals surface area contributed by atoms with Gasteiger partial charge in [0.15, 0.2) is 0 Å². The zero-order valence-electron chi connectivity index (χ0n) is 10.6. The molecular formula is C13H21N4O+. The van der Waals surface area contributed by atoms with Crippen LogP contribution in [0.4, 0.5) is 0 Å². The van der Waals surface area contributed by atoms with Crippen LogP contribution >= 0.6 is 0 Å². The fraction of sp³-hybridized carbons (Fsp3) is 0.538. The molecule has 2 heterocycles. The first-order valence-electron chi connectivity index (χ1n) is 6.55. The molecule has 0 aliphatic carbocycles. The van der Waals surface area contributed by atoms with Gasteiger partial charge in [0.05, 0.1) is 19.5 Å². The molecule has 1 aromatic heterocycles. The van der Waals surface area contributed by atoms with Crippen molar-refractivity contribution in [2.24, 2.45) is 5.84 Å². The molecule has 0 bridgehead atoms. The third-order valence-electron chi connectivity index (χ3n) is 3.65. The number of rotatable bonds is 4. The number of pyridine rings is 1. The van der Waals surface area contributed by atoms with Crippen LogP contribution in [0.1, 0.15) is 37.3 Å². The van der Waals surface area contributed by atoms with Gasteiger partial charge in [-0.3, -0.25) is 15.2 Å². The standard InChI is InChI=1S/C13H20N4O/c14-16-13(18)6-9-17-8-2-1-5-12(17)11-4-3-7-15-10-11/h3-4,7,10,12H,1-2,5-6,8-9,14H2,(H,16,18)/p+1/t12-/m1/s1. The minimum atomic E-state index is -0.0852. The molecule has 1 aromatic rings. The van der Waals surface area contributed by atoms with E-state index in [0.29, 0.717) is 12.5 Å². The van der Waals surface area contributed by atoms with Gasteiger partial charge in [-0.15, -0.1) is 0 Å². The maximum Gasteiger partial charge on any atom is 0.239 e. The van der Waals surface area contributed by atoms with Crippen LogP contribution in [0.3, 0.4) is 0 Å². The number of hydrogen-bond acceptors (Lipinski definition) is 3. The predicted octanol–water partition coefficient (Wildman–Crippen LogP) is -0.428. The van der Waals surface area contributed by atoms with Gasteiger partial charge in [-0.2, -0.15) is 0 Å². The monoisotopic (exact) mass is 249 g/mol. The van der Waals surface area contributed by atoms with Gasteiger partial charge in [0, 0.05) is 24.4 Å². The molecular weight excluding hydrogens is 228 g/mol. The molecule has 0 spiro atoms. The average molecular weight is 249 g/mol. The van der Waals surface area contributed by atoms with Crippen LogP contribution in [0.2, 0.25) is 0 Å². The van der Waals surface area contributed by atoms with Crippen LogP contribution in [-0.2, 0) is 4.79 Å². The molecule has 0 saturated carbocycles. The van der Waals surface area contributed by atoms with Crippen molar-refractivity contribution in [2.75, 3.05) is 13.1 Å². The summed E-state index contributed by atoms with van der Waals surface area (Å²) in [5.74, 6) is 5.03. The van der Waals surface area contributed by atoms with Crippen LogP contribution in [-0.4, -0.2) is 24.0 Å². The Bertz CT molecular complexity index is 382. The summed E-state index contributed by atoms with van der Waals surface area (Å²) < 4.78 is 0. The second-order valence-electron chi connectivity index (χ2n) is 4.81. The third-order valence-corrected chi connectivity index (χ3v) is 3.65. The lowest BCUT2D eigenvalue weighted by atomic mass is 9.96. The first-order chi connectivity index (χ1) is 8.81. The largest absolute Gasteiger partial charge is 0.328 e. The van der Waals surface area contributed by atoms with Crippen LogP contribution in [0.15, 0.2) is 24.5 Å². The number of carbonyl (C=O) groups is 1. The van der Waals surface area contributed by atoms with E-state index in [9.17, 15) is 4.79 Å². The summed E-state index contributed by atoms with van der Waals surface area (Å²) in [7, 11) is 0. The second-order valence-corrected chi connectivity index (χ2v) is 4.81. The van der Waals surface area contributed by atoms with Crippen LogP contribution < -0.4 is 16.2 Å². The molecule has 18 heavy (non-hydrogen) atoms. The Balaban J connectivity index is 2.00. The van der Waals surface area contributed by atoms with Gasteiger partial charge in [-0.1, -0.05) is 6.07 Å². The summed E-state index contributed by atoms with van der Waals surface area (Å²) in [4.78, 5) is 16.9. The van der Waals surface area contributed by atoms with Crippen LogP contribution in [0.5, 0.6) is 0 Å². The lowest BCUT2D eigenvalue weighted by Gasteiger charge is -2.32. The Morgan fingerprint density at radius 1 is 1.56 bits per heavy atom. The highest BCUT2D eigenvalue weighted by atomic mass is 16.2. The Kier molecular flexibility index (Phi) is 4.66. The second kappa shape index (κ2) is 6.47. The summed E-state index contributed by atoms with van der Waals surface area (Å²) in [6, 6.07) is 4.58. The van der Waals surface area contributed by atoms with Crippen molar-refractivity contribution in [2.45, 2.75) is 31.7 Å². The smallest absolute Gasteiger partial charge is 0.239 e. The first kappa shape index (κ1) is 13.0. The van der Waals surface area contributed by atoms with Gasteiger partial charge in [0.2, 0.25) is 5.91 Å². The number of nitrogens with one attached hydrogen (secondary N) is 2. The minimum absolute atomic E-state index is 0.0852. The van der Waals surface area contributed by atoms with E-state index in [-0.39, 0.29) is 5.91 Å². The van der Waals surface area contributed by atoms with E-state index in [4.69, 9.17) is 5.84 Å². The van der Waals surface area contributed by atoms with E-state index >= 15 is 0 Å². The van der Waals surface area contributed by atoms with E-state index in [1.807, 2.05) is 12.3 Å². The fourth-order valence-electron chi connectivity index (χ4n) is 2.71. The molecule has 0 aromatic carbocycles. The van der Waals surface area contributed by atoms with Crippen LogP contribution in [0.25, 0.3) is 0 Å². The molecule has 98 valence electrons. The number of nitrogens with two attached hydrogens (primary N) is 1. The van der Waals surface area contributed by atoms with Gasteiger partial charge in [0.25, 0.3) is 0 Å². The number of nitrogens with zero attached hydrogens (tertiary/aromatic N) is 1. The van der Waals surface area contributed by atoms with Crippen molar-refractivity contribution < 1.29 is 9.69 Å². The van der Waals surface area contributed by atoms with Crippen molar-refractivity contribution in [3.63, 3.8) is 0 Å². The Morgan fingerprint density at radius 3 is 3.17 bits per heavy atom. The normalized spacial score (nSPS) is 23.6. The molecule has 1 aliphatic heterocycles. The summed E-state index contributed by atoms with van der Waals surface area (Å²) in [5.41, 5.74) is 3.47. The number of hydrogen-bond donors (Lipinski definition) is 3. The molecule has 1 aliphatic rings. The number of carbonyl (C=O) groups excluding carboxylic acids is 1. The summed E-state index contributed by atoms with van der Waals surface area (Å²) in [5, 5.41) is 0. The molecule has 1 saturated heterocycles. The Morgan fingerprint density at radius 2 is 2.44 bits per heavy atom. The minimum Gasteiger partial charge on any atom is -0.328 e. The zero-order valence-corrected chi connectivity index (χ0v) is 10.6. The quantitative estimate of drug-likeness (QED) is 0.385. The number of quaternary nitrogens is 1. The van der Waals surface area contributed by atoms with Crippen molar-refractivity contribution >= 4 is 5.91 Å². The number of aromatic nitrogens is 1. The lowest BCUT2D eigenvalue weighted by Crippen LogP contribution is -3.13.